The number of alkyl halides is 2. The Balaban J connectivity index is 2.56. The first kappa shape index (κ1) is 12.4. The minimum absolute atomic E-state index is 0.171. The van der Waals surface area contributed by atoms with E-state index in [4.69, 9.17) is 5.11 Å². The summed E-state index contributed by atoms with van der Waals surface area (Å²) in [6.07, 6.45) is 0.805. The second-order valence-corrected chi connectivity index (χ2v) is 3.06. The molecule has 7 heteroatoms. The Labute approximate surface area is 89.1 Å². The minimum atomic E-state index is -3.38. The predicted molar refractivity (Wildman–Crippen MR) is 48.6 cm³/mol. The molecule has 0 unspecified atom stereocenters. The van der Waals surface area contributed by atoms with Crippen molar-refractivity contribution in [3.05, 3.63) is 29.8 Å². The average molecular weight is 234 g/mol. The van der Waals surface area contributed by atoms with Crippen LogP contribution in [0.5, 0.6) is 0 Å². The maximum Gasteiger partial charge on any atom is 0.287 e. The first-order chi connectivity index (χ1) is 7.44. The molecule has 0 saturated heterocycles. The van der Waals surface area contributed by atoms with E-state index in [0.717, 1.165) is 18.3 Å². The number of hydrogen-bond donors (Lipinski definition) is 2. The van der Waals surface area contributed by atoms with Gasteiger partial charge in [0, 0.05) is 0 Å². The van der Waals surface area contributed by atoms with Crippen LogP contribution in [0, 0.1) is 5.82 Å². The fourth-order valence-corrected chi connectivity index (χ4v) is 0.866. The van der Waals surface area contributed by atoms with Gasteiger partial charge in [0.25, 0.3) is 11.8 Å². The fourth-order valence-electron chi connectivity index (χ4n) is 0.866. The Morgan fingerprint density at radius 2 is 2.19 bits per heavy atom. The molecule has 2 N–H and O–H groups in total. The molecule has 16 heavy (non-hydrogen) atoms. The number of carbonyl (C=O) groups is 1. The van der Waals surface area contributed by atoms with Crippen molar-refractivity contribution in [2.45, 2.75) is 5.92 Å². The first-order valence-corrected chi connectivity index (χ1v) is 4.33. The second-order valence-electron chi connectivity index (χ2n) is 3.06. The van der Waals surface area contributed by atoms with E-state index in [1.54, 1.807) is 0 Å². The maximum atomic E-state index is 12.5. The largest absolute Gasteiger partial charge is 0.390 e. The normalized spacial score (nSPS) is 11.2. The van der Waals surface area contributed by atoms with Crippen LogP contribution in [0.3, 0.4) is 0 Å². The van der Waals surface area contributed by atoms with Crippen molar-refractivity contribution in [3.8, 4) is 0 Å². The van der Waals surface area contributed by atoms with Gasteiger partial charge in [-0.25, -0.2) is 18.2 Å². The number of hydrogen-bond acceptors (Lipinski definition) is 3. The van der Waals surface area contributed by atoms with Crippen LogP contribution >= 0.6 is 0 Å². The van der Waals surface area contributed by atoms with E-state index in [1.807, 2.05) is 5.32 Å². The average Bonchev–Trinajstić information content (AvgIpc) is 2.27. The molecule has 0 fully saturated rings. The molecule has 4 nitrogen and oxygen atoms in total. The van der Waals surface area contributed by atoms with Crippen molar-refractivity contribution >= 4 is 5.91 Å². The highest BCUT2D eigenvalue weighted by Crippen LogP contribution is 2.10. The summed E-state index contributed by atoms with van der Waals surface area (Å²) in [5, 5.41) is 10.1. The Kier molecular flexibility index (Phi) is 3.83. The van der Waals surface area contributed by atoms with Crippen LogP contribution in [0.4, 0.5) is 13.2 Å². The number of aromatic nitrogens is 1. The van der Waals surface area contributed by atoms with Crippen LogP contribution in [0.2, 0.25) is 0 Å². The molecule has 0 aromatic carbocycles. The molecule has 0 saturated carbocycles. The quantitative estimate of drug-likeness (QED) is 0.801. The van der Waals surface area contributed by atoms with E-state index in [1.165, 1.54) is 0 Å². The molecule has 0 aliphatic carbocycles. The van der Waals surface area contributed by atoms with Gasteiger partial charge in [-0.3, -0.25) is 4.79 Å². The third kappa shape index (κ3) is 3.50. The number of amides is 1. The molecular weight excluding hydrogens is 225 g/mol. The Morgan fingerprint density at radius 3 is 2.69 bits per heavy atom. The van der Waals surface area contributed by atoms with Gasteiger partial charge in [-0.05, 0) is 12.1 Å². The van der Waals surface area contributed by atoms with Gasteiger partial charge in [0.2, 0.25) is 0 Å². The van der Waals surface area contributed by atoms with Gasteiger partial charge in [-0.1, -0.05) is 0 Å². The summed E-state index contributed by atoms with van der Waals surface area (Å²) in [4.78, 5) is 14.6. The fraction of sp³-hybridized carbons (Fsp3) is 0.333. The van der Waals surface area contributed by atoms with Crippen molar-refractivity contribution in [2.24, 2.45) is 0 Å². The summed E-state index contributed by atoms with van der Waals surface area (Å²) in [6.45, 7) is -2.36. The van der Waals surface area contributed by atoms with Crippen molar-refractivity contribution in [3.63, 3.8) is 0 Å². The molecule has 1 amide bonds. The van der Waals surface area contributed by atoms with Crippen LogP contribution in [-0.2, 0) is 0 Å². The standard InChI is InChI=1S/C9H9F3N2O2/c10-6-1-2-7(13-3-6)8(16)14-4-9(11,12)5-15/h1-3,15H,4-5H2,(H,14,16). The lowest BCUT2D eigenvalue weighted by Crippen LogP contribution is -2.39. The van der Waals surface area contributed by atoms with Crippen molar-refractivity contribution < 1.29 is 23.1 Å². The number of nitrogens with one attached hydrogen (secondary N) is 1. The smallest absolute Gasteiger partial charge is 0.287 e. The summed E-state index contributed by atoms with van der Waals surface area (Å²) >= 11 is 0. The van der Waals surface area contributed by atoms with E-state index < -0.39 is 30.8 Å². The van der Waals surface area contributed by atoms with Crippen molar-refractivity contribution in [1.82, 2.24) is 10.3 Å². The Bertz CT molecular complexity index is 368. The minimum Gasteiger partial charge on any atom is -0.390 e. The molecule has 0 spiro atoms. The van der Waals surface area contributed by atoms with Crippen LogP contribution in [-0.4, -0.2) is 35.1 Å². The monoisotopic (exact) mass is 234 g/mol. The second kappa shape index (κ2) is 4.93. The predicted octanol–water partition coefficient (Wildman–Crippen LogP) is 0.578. The Hall–Kier alpha value is -1.63. The number of aliphatic hydroxyl groups is 1. The highest BCUT2D eigenvalue weighted by Gasteiger charge is 2.28. The molecular formula is C9H9F3N2O2. The van der Waals surface area contributed by atoms with Gasteiger partial charge in [-0.2, -0.15) is 0 Å². The summed E-state index contributed by atoms with van der Waals surface area (Å²) in [6, 6.07) is 2.06. The summed E-state index contributed by atoms with van der Waals surface area (Å²) in [7, 11) is 0. The highest BCUT2D eigenvalue weighted by atomic mass is 19.3. The van der Waals surface area contributed by atoms with E-state index in [9.17, 15) is 18.0 Å². The van der Waals surface area contributed by atoms with E-state index in [0.29, 0.717) is 0 Å². The number of pyridine rings is 1. The maximum absolute atomic E-state index is 12.5. The SMILES string of the molecule is O=C(NCC(F)(F)CO)c1ccc(F)cn1. The number of nitrogens with zero attached hydrogens (tertiary/aromatic N) is 1. The number of halogens is 3. The van der Waals surface area contributed by atoms with Crippen LogP contribution < -0.4 is 5.32 Å². The third-order valence-electron chi connectivity index (χ3n) is 1.70. The van der Waals surface area contributed by atoms with Crippen molar-refractivity contribution in [1.29, 1.82) is 0 Å². The lowest BCUT2D eigenvalue weighted by Gasteiger charge is -2.13. The third-order valence-corrected chi connectivity index (χ3v) is 1.70. The molecule has 88 valence electrons. The van der Waals surface area contributed by atoms with Crippen molar-refractivity contribution in [2.75, 3.05) is 13.2 Å². The van der Waals surface area contributed by atoms with Gasteiger partial charge < -0.3 is 10.4 Å². The molecule has 0 atom stereocenters. The van der Waals surface area contributed by atoms with Crippen LogP contribution in [0.15, 0.2) is 18.3 Å². The summed E-state index contributed by atoms with van der Waals surface area (Å²) < 4.78 is 37.5. The van der Waals surface area contributed by atoms with E-state index >= 15 is 0 Å². The van der Waals surface area contributed by atoms with Gasteiger partial charge in [-0.15, -0.1) is 0 Å². The number of carbonyl (C=O) groups excluding carboxylic acids is 1. The van der Waals surface area contributed by atoms with E-state index in [-0.39, 0.29) is 5.69 Å². The molecule has 1 aromatic rings. The van der Waals surface area contributed by atoms with Crippen LogP contribution in [0.25, 0.3) is 0 Å². The van der Waals surface area contributed by atoms with E-state index in [2.05, 4.69) is 4.98 Å². The molecule has 1 rings (SSSR count). The zero-order valence-electron chi connectivity index (χ0n) is 8.08. The lowest BCUT2D eigenvalue weighted by molar-refractivity contribution is -0.0462. The highest BCUT2D eigenvalue weighted by molar-refractivity contribution is 5.92. The lowest BCUT2D eigenvalue weighted by atomic mass is 10.3. The summed E-state index contributed by atoms with van der Waals surface area (Å²) in [5.74, 6) is -4.86. The van der Waals surface area contributed by atoms with Gasteiger partial charge >= 0.3 is 0 Å². The zero-order chi connectivity index (χ0) is 12.2. The molecule has 0 bridgehead atoms. The van der Waals surface area contributed by atoms with Crippen LogP contribution in [0.1, 0.15) is 10.5 Å². The zero-order valence-corrected chi connectivity index (χ0v) is 8.08. The molecule has 0 radical (unpaired) electrons. The molecule has 1 aromatic heterocycles. The number of aliphatic hydroxyl groups excluding tert-OH is 1. The first-order valence-electron chi connectivity index (χ1n) is 4.33. The summed E-state index contributed by atoms with van der Waals surface area (Å²) in [5.41, 5.74) is -0.171. The number of rotatable bonds is 4. The molecule has 1 heterocycles. The van der Waals surface area contributed by atoms with Gasteiger partial charge in [0.05, 0.1) is 12.7 Å². The van der Waals surface area contributed by atoms with Gasteiger partial charge in [0.15, 0.2) is 0 Å². The Morgan fingerprint density at radius 1 is 1.50 bits per heavy atom. The molecule has 0 aliphatic rings. The van der Waals surface area contributed by atoms with Gasteiger partial charge in [0.1, 0.15) is 18.1 Å². The topological polar surface area (TPSA) is 62.2 Å². The molecule has 0 aliphatic heterocycles.